The Morgan fingerprint density at radius 1 is 1.15 bits per heavy atom. The van der Waals surface area contributed by atoms with Crippen LogP contribution in [-0.2, 0) is 19.6 Å². The average molecular weight is 388 g/mol. The number of carbonyl (C=O) groups is 2. The lowest BCUT2D eigenvalue weighted by molar-refractivity contribution is -0.141. The summed E-state index contributed by atoms with van der Waals surface area (Å²) in [7, 11) is -3.78. The molecule has 0 unspecified atom stereocenters. The number of anilines is 2. The highest BCUT2D eigenvalue weighted by molar-refractivity contribution is 7.92. The van der Waals surface area contributed by atoms with Crippen LogP contribution in [0.4, 0.5) is 11.4 Å². The van der Waals surface area contributed by atoms with E-state index in [9.17, 15) is 18.0 Å². The molecular formula is C19H20N2O5S. The Kier molecular flexibility index (Phi) is 4.93. The van der Waals surface area contributed by atoms with Gasteiger partial charge < -0.3 is 10.0 Å². The monoisotopic (exact) mass is 388 g/mol. The van der Waals surface area contributed by atoms with Gasteiger partial charge >= 0.3 is 5.97 Å². The Balaban J connectivity index is 1.81. The lowest BCUT2D eigenvalue weighted by Crippen LogP contribution is -2.25. The summed E-state index contributed by atoms with van der Waals surface area (Å²) in [5.41, 5.74) is 2.82. The number of nitrogens with one attached hydrogen (secondary N) is 1. The molecule has 27 heavy (non-hydrogen) atoms. The lowest BCUT2D eigenvalue weighted by atomic mass is 10.1. The molecule has 2 aromatic carbocycles. The fourth-order valence-electron chi connectivity index (χ4n) is 2.99. The van der Waals surface area contributed by atoms with E-state index in [0.717, 1.165) is 11.1 Å². The molecule has 0 bridgehead atoms. The van der Waals surface area contributed by atoms with E-state index in [4.69, 9.17) is 5.11 Å². The molecule has 1 amide bonds. The molecule has 7 nitrogen and oxygen atoms in total. The highest BCUT2D eigenvalue weighted by atomic mass is 32.2. The maximum Gasteiger partial charge on any atom is 0.308 e. The van der Waals surface area contributed by atoms with Crippen molar-refractivity contribution in [1.29, 1.82) is 0 Å². The van der Waals surface area contributed by atoms with Gasteiger partial charge in [-0.15, -0.1) is 0 Å². The zero-order chi connectivity index (χ0) is 19.8. The van der Waals surface area contributed by atoms with Gasteiger partial charge in [-0.05, 0) is 55.3 Å². The van der Waals surface area contributed by atoms with Crippen LogP contribution in [-0.4, -0.2) is 31.9 Å². The number of rotatable bonds is 5. The van der Waals surface area contributed by atoms with Crippen LogP contribution in [0.25, 0.3) is 0 Å². The Morgan fingerprint density at radius 3 is 2.41 bits per heavy atom. The van der Waals surface area contributed by atoms with E-state index in [2.05, 4.69) is 4.72 Å². The molecule has 0 radical (unpaired) electrons. The third kappa shape index (κ3) is 3.80. The summed E-state index contributed by atoms with van der Waals surface area (Å²) in [5, 5.41) is 9.06. The average Bonchev–Trinajstić information content (AvgIpc) is 3.01. The molecule has 3 rings (SSSR count). The lowest BCUT2D eigenvalue weighted by Gasteiger charge is -2.17. The number of aliphatic carboxylic acids is 1. The fourth-order valence-corrected chi connectivity index (χ4v) is 4.12. The van der Waals surface area contributed by atoms with Crippen molar-refractivity contribution in [3.8, 4) is 0 Å². The van der Waals surface area contributed by atoms with Gasteiger partial charge in [0.25, 0.3) is 10.0 Å². The van der Waals surface area contributed by atoms with E-state index in [0.29, 0.717) is 11.4 Å². The van der Waals surface area contributed by atoms with Gasteiger partial charge in [-0.3, -0.25) is 14.3 Å². The summed E-state index contributed by atoms with van der Waals surface area (Å²) in [6, 6.07) is 11.2. The number of hydrogen-bond donors (Lipinski definition) is 2. The predicted molar refractivity (Wildman–Crippen MR) is 101 cm³/mol. The quantitative estimate of drug-likeness (QED) is 0.819. The van der Waals surface area contributed by atoms with Gasteiger partial charge in [0.05, 0.1) is 16.5 Å². The molecule has 1 fully saturated rings. The molecule has 1 aliphatic heterocycles. The van der Waals surface area contributed by atoms with Gasteiger partial charge in [-0.1, -0.05) is 12.1 Å². The number of amides is 1. The van der Waals surface area contributed by atoms with Gasteiger partial charge in [0.15, 0.2) is 0 Å². The van der Waals surface area contributed by atoms with E-state index >= 15 is 0 Å². The summed E-state index contributed by atoms with van der Waals surface area (Å²) in [6.07, 6.45) is -0.0520. The zero-order valence-electron chi connectivity index (χ0n) is 15.0. The summed E-state index contributed by atoms with van der Waals surface area (Å²) >= 11 is 0. The second-order valence-corrected chi connectivity index (χ2v) is 8.27. The largest absolute Gasteiger partial charge is 0.481 e. The minimum atomic E-state index is -3.78. The van der Waals surface area contributed by atoms with Crippen LogP contribution < -0.4 is 9.62 Å². The minimum Gasteiger partial charge on any atom is -0.481 e. The highest BCUT2D eigenvalue weighted by Crippen LogP contribution is 2.27. The van der Waals surface area contributed by atoms with Crippen molar-refractivity contribution in [3.63, 3.8) is 0 Å². The molecule has 1 aliphatic rings. The smallest absolute Gasteiger partial charge is 0.308 e. The van der Waals surface area contributed by atoms with Gasteiger partial charge in [-0.2, -0.15) is 0 Å². The van der Waals surface area contributed by atoms with Gasteiger partial charge in [-0.25, -0.2) is 8.42 Å². The Labute approximate surface area is 157 Å². The van der Waals surface area contributed by atoms with Gasteiger partial charge in [0.2, 0.25) is 5.91 Å². The highest BCUT2D eigenvalue weighted by Gasteiger charge is 2.35. The van der Waals surface area contributed by atoms with Crippen molar-refractivity contribution in [2.45, 2.75) is 25.2 Å². The number of carbonyl (C=O) groups excluding carboxylic acids is 1. The molecule has 142 valence electrons. The molecule has 1 atom stereocenters. The first-order valence-electron chi connectivity index (χ1n) is 8.41. The van der Waals surface area contributed by atoms with E-state index in [1.54, 1.807) is 12.1 Å². The molecule has 0 aliphatic carbocycles. The van der Waals surface area contributed by atoms with Crippen molar-refractivity contribution in [2.24, 2.45) is 5.92 Å². The second-order valence-electron chi connectivity index (χ2n) is 6.59. The number of hydrogen-bond acceptors (Lipinski definition) is 4. The van der Waals surface area contributed by atoms with Gasteiger partial charge in [0, 0.05) is 18.7 Å². The maximum atomic E-state index is 12.6. The van der Waals surface area contributed by atoms with Crippen LogP contribution in [0.5, 0.6) is 0 Å². The van der Waals surface area contributed by atoms with E-state index in [1.165, 1.54) is 29.2 Å². The van der Waals surface area contributed by atoms with Crippen molar-refractivity contribution < 1.29 is 23.1 Å². The standard InChI is InChI=1S/C19H20N2O5S/c1-12-4-3-5-17(13(12)2)20-27(25,26)16-8-6-15(7-9-16)21-11-14(19(23)24)10-18(21)22/h3-9,14,20H,10-11H2,1-2H3,(H,23,24)/t14-/m1/s1. The molecule has 0 spiro atoms. The van der Waals surface area contributed by atoms with Gasteiger partial charge in [0.1, 0.15) is 0 Å². The number of benzene rings is 2. The number of sulfonamides is 1. The first-order chi connectivity index (χ1) is 12.7. The number of nitrogens with zero attached hydrogens (tertiary/aromatic N) is 1. The molecular weight excluding hydrogens is 368 g/mol. The predicted octanol–water partition coefficient (Wildman–Crippen LogP) is 2.54. The Hall–Kier alpha value is -2.87. The number of aryl methyl sites for hydroxylation is 1. The summed E-state index contributed by atoms with van der Waals surface area (Å²) < 4.78 is 27.8. The van der Waals surface area contributed by atoms with Crippen molar-refractivity contribution in [1.82, 2.24) is 0 Å². The van der Waals surface area contributed by atoms with Crippen LogP contribution in [0.3, 0.4) is 0 Å². The zero-order valence-corrected chi connectivity index (χ0v) is 15.8. The third-order valence-electron chi connectivity index (χ3n) is 4.78. The van der Waals surface area contributed by atoms with Crippen molar-refractivity contribution >= 4 is 33.3 Å². The SMILES string of the molecule is Cc1cccc(NS(=O)(=O)c2ccc(N3C[C@H](C(=O)O)CC3=O)cc2)c1C. The first kappa shape index (κ1) is 18.9. The number of carboxylic acid groups (broad SMARTS) is 1. The molecule has 2 N–H and O–H groups in total. The first-order valence-corrected chi connectivity index (χ1v) is 9.89. The molecule has 0 aromatic heterocycles. The van der Waals surface area contributed by atoms with Crippen LogP contribution in [0.15, 0.2) is 47.4 Å². The molecule has 2 aromatic rings. The maximum absolute atomic E-state index is 12.6. The second kappa shape index (κ2) is 7.03. The molecule has 8 heteroatoms. The number of carboxylic acids is 1. The molecule has 1 saturated heterocycles. The summed E-state index contributed by atoms with van der Waals surface area (Å²) in [6.45, 7) is 3.83. The van der Waals surface area contributed by atoms with Crippen LogP contribution in [0, 0.1) is 19.8 Å². The van der Waals surface area contributed by atoms with Crippen LogP contribution in [0.1, 0.15) is 17.5 Å². The normalized spacial score (nSPS) is 17.2. The van der Waals surface area contributed by atoms with Crippen molar-refractivity contribution in [3.05, 3.63) is 53.6 Å². The van der Waals surface area contributed by atoms with E-state index in [-0.39, 0.29) is 23.8 Å². The molecule has 0 saturated carbocycles. The van der Waals surface area contributed by atoms with Crippen molar-refractivity contribution in [2.75, 3.05) is 16.2 Å². The Morgan fingerprint density at radius 2 is 1.81 bits per heavy atom. The van der Waals surface area contributed by atoms with E-state index < -0.39 is 21.9 Å². The fraction of sp³-hybridized carbons (Fsp3) is 0.263. The summed E-state index contributed by atoms with van der Waals surface area (Å²) in [5.74, 6) is -2.04. The Bertz CT molecular complexity index is 999. The minimum absolute atomic E-state index is 0.0520. The molecule has 1 heterocycles. The topological polar surface area (TPSA) is 104 Å². The van der Waals surface area contributed by atoms with Crippen LogP contribution >= 0.6 is 0 Å². The van der Waals surface area contributed by atoms with Crippen LogP contribution in [0.2, 0.25) is 0 Å². The third-order valence-corrected chi connectivity index (χ3v) is 6.16. The van der Waals surface area contributed by atoms with E-state index in [1.807, 2.05) is 19.9 Å². The summed E-state index contributed by atoms with van der Waals surface area (Å²) in [4.78, 5) is 24.5.